The smallest absolute Gasteiger partial charge is 0.307 e. The number of hydrogen-bond acceptors (Lipinski definition) is 1. The van der Waals surface area contributed by atoms with Gasteiger partial charge >= 0.3 is 5.97 Å². The molecule has 0 aliphatic rings. The van der Waals surface area contributed by atoms with E-state index in [1.807, 2.05) is 0 Å². The molecule has 0 aliphatic heterocycles. The van der Waals surface area contributed by atoms with Crippen molar-refractivity contribution >= 4 is 5.97 Å². The third-order valence-electron chi connectivity index (χ3n) is 1.19. The molecule has 0 bridgehead atoms. The number of hydrogen-bond donors (Lipinski definition) is 1. The van der Waals surface area contributed by atoms with Crippen LogP contribution in [0.5, 0.6) is 0 Å². The maximum absolute atomic E-state index is 12.4. The van der Waals surface area contributed by atoms with Gasteiger partial charge in [-0.2, -0.15) is 0 Å². The summed E-state index contributed by atoms with van der Waals surface area (Å²) in [6, 6.07) is 6.34. The highest BCUT2D eigenvalue weighted by molar-refractivity contribution is 5.70. The van der Waals surface area contributed by atoms with Crippen LogP contribution in [0.1, 0.15) is 5.56 Å². The lowest BCUT2D eigenvalue weighted by Crippen LogP contribution is -1.99. The Hall–Kier alpha value is -1.38. The number of carbonyl (C=O) groups is 1. The number of benzene rings is 1. The maximum atomic E-state index is 12.4. The molecule has 3 heteroatoms. The lowest BCUT2D eigenvalue weighted by molar-refractivity contribution is -0.136. The van der Waals surface area contributed by atoms with Crippen molar-refractivity contribution in [1.29, 1.82) is 0 Å². The summed E-state index contributed by atoms with van der Waals surface area (Å²) in [4.78, 5) is 10.1. The highest BCUT2D eigenvalue weighted by Gasteiger charge is 2.00. The van der Waals surface area contributed by atoms with Gasteiger partial charge in [0, 0.05) is 6.07 Å². The van der Waals surface area contributed by atoms with E-state index in [1.165, 1.54) is 12.1 Å². The predicted molar refractivity (Wildman–Crippen MR) is 36.6 cm³/mol. The van der Waals surface area contributed by atoms with Gasteiger partial charge in [-0.3, -0.25) is 4.79 Å². The van der Waals surface area contributed by atoms with Crippen LogP contribution in [0, 0.1) is 11.9 Å². The van der Waals surface area contributed by atoms with Crippen molar-refractivity contribution in [3.05, 3.63) is 35.6 Å². The molecule has 0 heterocycles. The number of carboxylic acids is 1. The Morgan fingerprint density at radius 2 is 2.45 bits per heavy atom. The molecule has 0 aliphatic carbocycles. The van der Waals surface area contributed by atoms with Crippen molar-refractivity contribution < 1.29 is 14.3 Å². The molecule has 0 atom stereocenters. The molecule has 2 nitrogen and oxygen atoms in total. The van der Waals surface area contributed by atoms with Gasteiger partial charge in [-0.05, 0) is 11.6 Å². The van der Waals surface area contributed by atoms with E-state index >= 15 is 0 Å². The Morgan fingerprint density at radius 3 is 3.00 bits per heavy atom. The summed E-state index contributed by atoms with van der Waals surface area (Å²) in [5, 5.41) is 8.33. The Labute approximate surface area is 63.3 Å². The largest absolute Gasteiger partial charge is 0.481 e. The molecule has 0 saturated heterocycles. The van der Waals surface area contributed by atoms with Crippen LogP contribution >= 0.6 is 0 Å². The number of carboxylic acid groups (broad SMARTS) is 1. The quantitative estimate of drug-likeness (QED) is 0.694. The molecule has 1 aromatic carbocycles. The lowest BCUT2D eigenvalue weighted by atomic mass is 10.1. The van der Waals surface area contributed by atoms with Crippen molar-refractivity contribution in [2.24, 2.45) is 0 Å². The number of halogens is 1. The van der Waals surface area contributed by atoms with Gasteiger partial charge in [0.1, 0.15) is 5.82 Å². The van der Waals surface area contributed by atoms with E-state index in [1.54, 1.807) is 0 Å². The molecule has 0 fully saturated rings. The number of rotatable bonds is 2. The summed E-state index contributed by atoms with van der Waals surface area (Å²) in [6.07, 6.45) is -0.147. The molecule has 0 spiro atoms. The Morgan fingerprint density at radius 1 is 1.73 bits per heavy atom. The van der Waals surface area contributed by atoms with E-state index in [4.69, 9.17) is 5.11 Å². The van der Waals surface area contributed by atoms with E-state index in [9.17, 15) is 9.18 Å². The molecule has 0 saturated carbocycles. The molecule has 1 radical (unpaired) electrons. The van der Waals surface area contributed by atoms with Gasteiger partial charge in [-0.1, -0.05) is 12.1 Å². The molecule has 1 N–H and O–H groups in total. The monoisotopic (exact) mass is 153 g/mol. The summed E-state index contributed by atoms with van der Waals surface area (Å²) in [5.74, 6) is -1.49. The van der Waals surface area contributed by atoms with Crippen LogP contribution in [0.15, 0.2) is 18.2 Å². The van der Waals surface area contributed by atoms with Gasteiger partial charge in [0.2, 0.25) is 0 Å². The van der Waals surface area contributed by atoms with Crippen LogP contribution in [0.25, 0.3) is 0 Å². The standard InChI is InChI=1S/C8H6FO2/c9-7-3-1-2-6(4-7)5-8(10)11/h1-2,4H,5H2,(H,10,11). The number of aliphatic carboxylic acids is 1. The lowest BCUT2D eigenvalue weighted by Gasteiger charge is -1.94. The minimum atomic E-state index is -0.962. The van der Waals surface area contributed by atoms with Crippen LogP contribution in [0.4, 0.5) is 4.39 Å². The first-order chi connectivity index (χ1) is 5.18. The highest BCUT2D eigenvalue weighted by atomic mass is 19.1. The fraction of sp³-hybridized carbons (Fsp3) is 0.125. The molecule has 0 aromatic heterocycles. The highest BCUT2D eigenvalue weighted by Crippen LogP contribution is 2.02. The van der Waals surface area contributed by atoms with Gasteiger partial charge in [-0.15, -0.1) is 0 Å². The molecular weight excluding hydrogens is 147 g/mol. The molecule has 1 aromatic rings. The van der Waals surface area contributed by atoms with E-state index in [0.29, 0.717) is 5.56 Å². The molecule has 57 valence electrons. The van der Waals surface area contributed by atoms with Gasteiger partial charge in [0.25, 0.3) is 0 Å². The normalized spacial score (nSPS) is 9.55. The second-order valence-electron chi connectivity index (χ2n) is 2.12. The fourth-order valence-electron chi connectivity index (χ4n) is 0.765. The second-order valence-corrected chi connectivity index (χ2v) is 2.12. The zero-order valence-corrected chi connectivity index (χ0v) is 5.67. The first-order valence-corrected chi connectivity index (χ1v) is 3.06. The predicted octanol–water partition coefficient (Wildman–Crippen LogP) is 1.25. The zero-order chi connectivity index (χ0) is 8.27. The fourth-order valence-corrected chi connectivity index (χ4v) is 0.765. The maximum Gasteiger partial charge on any atom is 0.307 e. The van der Waals surface area contributed by atoms with E-state index in [2.05, 4.69) is 6.07 Å². The Bertz CT molecular complexity index is 271. The summed E-state index contributed by atoms with van der Waals surface area (Å²) in [5.41, 5.74) is 0.453. The van der Waals surface area contributed by atoms with Gasteiger partial charge in [0.15, 0.2) is 0 Å². The topological polar surface area (TPSA) is 37.3 Å². The second kappa shape index (κ2) is 3.14. The molecule has 0 amide bonds. The van der Waals surface area contributed by atoms with E-state index in [-0.39, 0.29) is 6.42 Å². The summed E-state index contributed by atoms with van der Waals surface area (Å²) >= 11 is 0. The van der Waals surface area contributed by atoms with Crippen LogP contribution in [-0.4, -0.2) is 11.1 Å². The summed E-state index contributed by atoms with van der Waals surface area (Å²) < 4.78 is 12.4. The third kappa shape index (κ3) is 2.37. The SMILES string of the molecule is O=C(O)Cc1cc[c]c(F)c1. The van der Waals surface area contributed by atoms with Crippen LogP contribution in [-0.2, 0) is 11.2 Å². The van der Waals surface area contributed by atoms with Crippen LogP contribution in [0.2, 0.25) is 0 Å². The third-order valence-corrected chi connectivity index (χ3v) is 1.19. The van der Waals surface area contributed by atoms with Crippen molar-refractivity contribution in [2.75, 3.05) is 0 Å². The van der Waals surface area contributed by atoms with E-state index < -0.39 is 11.8 Å². The minimum Gasteiger partial charge on any atom is -0.481 e. The van der Waals surface area contributed by atoms with Crippen LogP contribution in [0.3, 0.4) is 0 Å². The molecule has 1 rings (SSSR count). The van der Waals surface area contributed by atoms with Crippen molar-refractivity contribution in [3.63, 3.8) is 0 Å². The Balaban J connectivity index is 2.79. The van der Waals surface area contributed by atoms with Crippen molar-refractivity contribution in [3.8, 4) is 0 Å². The molecular formula is C8H6FO2. The summed E-state index contributed by atoms with van der Waals surface area (Å²) in [6.45, 7) is 0. The average molecular weight is 153 g/mol. The van der Waals surface area contributed by atoms with Gasteiger partial charge < -0.3 is 5.11 Å². The molecule has 0 unspecified atom stereocenters. The van der Waals surface area contributed by atoms with Crippen molar-refractivity contribution in [1.82, 2.24) is 0 Å². The first-order valence-electron chi connectivity index (χ1n) is 3.06. The Kier molecular flexibility index (Phi) is 2.21. The van der Waals surface area contributed by atoms with Gasteiger partial charge in [0.05, 0.1) is 6.42 Å². The van der Waals surface area contributed by atoms with Crippen molar-refractivity contribution in [2.45, 2.75) is 6.42 Å². The van der Waals surface area contributed by atoms with Crippen LogP contribution < -0.4 is 0 Å². The van der Waals surface area contributed by atoms with Gasteiger partial charge in [-0.25, -0.2) is 4.39 Å². The molecule has 11 heavy (non-hydrogen) atoms. The average Bonchev–Trinajstić information content (AvgIpc) is 1.85. The van der Waals surface area contributed by atoms with E-state index in [0.717, 1.165) is 6.07 Å². The zero-order valence-electron chi connectivity index (χ0n) is 5.67. The first kappa shape index (κ1) is 7.72. The summed E-state index contributed by atoms with van der Waals surface area (Å²) in [7, 11) is 0. The minimum absolute atomic E-state index is 0.147.